The quantitative estimate of drug-likeness (QED) is 0.683. The highest BCUT2D eigenvalue weighted by Crippen LogP contribution is 2.33. The van der Waals surface area contributed by atoms with E-state index in [1.165, 1.54) is 12.3 Å². The maximum Gasteiger partial charge on any atom is 0.388 e. The van der Waals surface area contributed by atoms with Gasteiger partial charge in [-0.2, -0.15) is 8.78 Å². The number of alkyl halides is 2. The van der Waals surface area contributed by atoms with Gasteiger partial charge >= 0.3 is 6.61 Å². The SMILES string of the molecule is C[C@@H](Oc1cc(-c2ccc(OC(F)F)nc2)cc2ncccc12)C1CNC(=O)C1. The lowest BCUT2D eigenvalue weighted by molar-refractivity contribution is -0.119. The number of carbonyl (C=O) groups excluding carboxylic acids is 1. The number of nitrogens with zero attached hydrogens (tertiary/aromatic N) is 2. The van der Waals surface area contributed by atoms with Crippen LogP contribution >= 0.6 is 0 Å². The number of carbonyl (C=O) groups is 1. The first kappa shape index (κ1) is 19.0. The second kappa shape index (κ2) is 7.98. The van der Waals surface area contributed by atoms with Crippen molar-refractivity contribution in [2.45, 2.75) is 26.1 Å². The van der Waals surface area contributed by atoms with Crippen LogP contribution in [0.3, 0.4) is 0 Å². The van der Waals surface area contributed by atoms with Crippen LogP contribution in [0.15, 0.2) is 48.8 Å². The Balaban J connectivity index is 1.66. The molecule has 150 valence electrons. The molecular weight excluding hydrogens is 380 g/mol. The second-order valence-electron chi connectivity index (χ2n) is 6.90. The van der Waals surface area contributed by atoms with Gasteiger partial charge in [0.1, 0.15) is 11.9 Å². The smallest absolute Gasteiger partial charge is 0.388 e. The standard InChI is InChI=1S/C21H19F2N3O3/c1-12(15-9-19(27)25-11-15)28-18-8-14(7-17-16(18)3-2-6-24-17)13-4-5-20(26-10-13)29-21(22)23/h2-8,10,12,15,21H,9,11H2,1H3,(H,25,27)/t12-,15?/m1/s1. The van der Waals surface area contributed by atoms with Crippen molar-refractivity contribution in [1.29, 1.82) is 0 Å². The molecule has 1 amide bonds. The van der Waals surface area contributed by atoms with Crippen molar-refractivity contribution in [3.8, 4) is 22.8 Å². The van der Waals surface area contributed by atoms with Gasteiger partial charge in [-0.3, -0.25) is 9.78 Å². The molecule has 1 saturated heterocycles. The first-order valence-corrected chi connectivity index (χ1v) is 9.23. The highest BCUT2D eigenvalue weighted by Gasteiger charge is 2.28. The summed E-state index contributed by atoms with van der Waals surface area (Å²) in [4.78, 5) is 19.9. The van der Waals surface area contributed by atoms with Crippen LogP contribution in [0.2, 0.25) is 0 Å². The van der Waals surface area contributed by atoms with Crippen LogP contribution in [0, 0.1) is 5.92 Å². The number of benzene rings is 1. The Hall–Kier alpha value is -3.29. The van der Waals surface area contributed by atoms with E-state index in [1.807, 2.05) is 31.2 Å². The third-order valence-electron chi connectivity index (χ3n) is 4.95. The van der Waals surface area contributed by atoms with Gasteiger partial charge in [0, 0.05) is 48.3 Å². The number of fused-ring (bicyclic) bond motifs is 1. The summed E-state index contributed by atoms with van der Waals surface area (Å²) in [5.41, 5.74) is 2.24. The Morgan fingerprint density at radius 2 is 2.00 bits per heavy atom. The molecule has 0 radical (unpaired) electrons. The van der Waals surface area contributed by atoms with E-state index >= 15 is 0 Å². The molecule has 0 bridgehead atoms. The Morgan fingerprint density at radius 3 is 2.69 bits per heavy atom. The van der Waals surface area contributed by atoms with Crippen LogP contribution in [0.25, 0.3) is 22.0 Å². The van der Waals surface area contributed by atoms with Gasteiger partial charge in [0.15, 0.2) is 0 Å². The first-order valence-electron chi connectivity index (χ1n) is 9.23. The maximum atomic E-state index is 12.3. The van der Waals surface area contributed by atoms with Crippen molar-refractivity contribution in [3.05, 3.63) is 48.8 Å². The molecule has 1 N–H and O–H groups in total. The number of rotatable bonds is 6. The highest BCUT2D eigenvalue weighted by molar-refractivity contribution is 5.90. The third-order valence-corrected chi connectivity index (χ3v) is 4.95. The van der Waals surface area contributed by atoms with Crippen molar-refractivity contribution >= 4 is 16.8 Å². The van der Waals surface area contributed by atoms with Gasteiger partial charge in [0.25, 0.3) is 0 Å². The van der Waals surface area contributed by atoms with Gasteiger partial charge in [0.05, 0.1) is 5.52 Å². The Morgan fingerprint density at radius 1 is 1.14 bits per heavy atom. The fourth-order valence-corrected chi connectivity index (χ4v) is 3.38. The van der Waals surface area contributed by atoms with Crippen molar-refractivity contribution < 1.29 is 23.0 Å². The number of pyridine rings is 2. The second-order valence-corrected chi connectivity index (χ2v) is 6.90. The van der Waals surface area contributed by atoms with Crippen LogP contribution < -0.4 is 14.8 Å². The molecule has 2 aromatic heterocycles. The molecule has 1 aliphatic heterocycles. The zero-order chi connectivity index (χ0) is 20.4. The van der Waals surface area contributed by atoms with Crippen molar-refractivity contribution in [2.75, 3.05) is 6.54 Å². The normalized spacial score (nSPS) is 17.4. The summed E-state index contributed by atoms with van der Waals surface area (Å²) in [6.45, 7) is -0.389. The lowest BCUT2D eigenvalue weighted by Crippen LogP contribution is -2.25. The summed E-state index contributed by atoms with van der Waals surface area (Å²) in [5, 5.41) is 3.68. The van der Waals surface area contributed by atoms with E-state index in [1.54, 1.807) is 12.3 Å². The number of aromatic nitrogens is 2. The van der Waals surface area contributed by atoms with Gasteiger partial charge in [-0.05, 0) is 42.8 Å². The van der Waals surface area contributed by atoms with Gasteiger partial charge in [-0.15, -0.1) is 0 Å². The van der Waals surface area contributed by atoms with E-state index in [2.05, 4.69) is 20.0 Å². The number of hydrogen-bond donors (Lipinski definition) is 1. The Kier molecular flexibility index (Phi) is 5.24. The molecule has 2 atom stereocenters. The molecular formula is C21H19F2N3O3. The lowest BCUT2D eigenvalue weighted by atomic mass is 10.0. The minimum atomic E-state index is -2.92. The average molecular weight is 399 g/mol. The molecule has 3 heterocycles. The summed E-state index contributed by atoms with van der Waals surface area (Å²) in [6, 6.07) is 10.6. The molecule has 3 aromatic rings. The van der Waals surface area contributed by atoms with Crippen molar-refractivity contribution in [1.82, 2.24) is 15.3 Å². The summed E-state index contributed by atoms with van der Waals surface area (Å²) < 4.78 is 35.2. The molecule has 4 rings (SSSR count). The van der Waals surface area contributed by atoms with Crippen molar-refractivity contribution in [3.63, 3.8) is 0 Å². The molecule has 29 heavy (non-hydrogen) atoms. The Labute approximate surface area is 165 Å². The van der Waals surface area contributed by atoms with Crippen LogP contribution in [0.4, 0.5) is 8.78 Å². The molecule has 0 spiro atoms. The molecule has 1 aromatic carbocycles. The lowest BCUT2D eigenvalue weighted by Gasteiger charge is -2.21. The third kappa shape index (κ3) is 4.26. The average Bonchev–Trinajstić information content (AvgIpc) is 3.14. The fraction of sp³-hybridized carbons (Fsp3) is 0.286. The summed E-state index contributed by atoms with van der Waals surface area (Å²) in [7, 11) is 0. The van der Waals surface area contributed by atoms with Gasteiger partial charge in [-0.1, -0.05) is 0 Å². The van der Waals surface area contributed by atoms with E-state index in [0.29, 0.717) is 18.7 Å². The van der Waals surface area contributed by atoms with Crippen LogP contribution in [-0.2, 0) is 4.79 Å². The molecule has 1 aliphatic rings. The number of halogens is 2. The topological polar surface area (TPSA) is 73.3 Å². The number of amides is 1. The van der Waals surface area contributed by atoms with Gasteiger partial charge < -0.3 is 14.8 Å². The van der Waals surface area contributed by atoms with E-state index in [-0.39, 0.29) is 23.8 Å². The summed E-state index contributed by atoms with van der Waals surface area (Å²) >= 11 is 0. The first-order chi connectivity index (χ1) is 14.0. The molecule has 0 saturated carbocycles. The summed E-state index contributed by atoms with van der Waals surface area (Å²) in [5.74, 6) is 0.616. The minimum Gasteiger partial charge on any atom is -0.490 e. The maximum absolute atomic E-state index is 12.3. The van der Waals surface area contributed by atoms with Crippen LogP contribution in [0.5, 0.6) is 11.6 Å². The van der Waals surface area contributed by atoms with E-state index in [9.17, 15) is 13.6 Å². The zero-order valence-electron chi connectivity index (χ0n) is 15.6. The fourth-order valence-electron chi connectivity index (χ4n) is 3.38. The molecule has 1 unspecified atom stereocenters. The highest BCUT2D eigenvalue weighted by atomic mass is 19.3. The largest absolute Gasteiger partial charge is 0.490 e. The molecule has 0 aliphatic carbocycles. The predicted molar refractivity (Wildman–Crippen MR) is 103 cm³/mol. The van der Waals surface area contributed by atoms with Crippen LogP contribution in [0.1, 0.15) is 13.3 Å². The van der Waals surface area contributed by atoms with Gasteiger partial charge in [-0.25, -0.2) is 4.98 Å². The molecule has 1 fully saturated rings. The number of nitrogens with one attached hydrogen (secondary N) is 1. The predicted octanol–water partition coefficient (Wildman–Crippen LogP) is 3.80. The van der Waals surface area contributed by atoms with E-state index in [4.69, 9.17) is 4.74 Å². The van der Waals surface area contributed by atoms with Gasteiger partial charge in [0.2, 0.25) is 11.8 Å². The summed E-state index contributed by atoms with van der Waals surface area (Å²) in [6.07, 6.45) is 3.42. The minimum absolute atomic E-state index is 0.0305. The van der Waals surface area contributed by atoms with Crippen molar-refractivity contribution in [2.24, 2.45) is 5.92 Å². The monoisotopic (exact) mass is 399 g/mol. The molecule has 8 heteroatoms. The van der Waals surface area contributed by atoms with Crippen LogP contribution in [-0.4, -0.2) is 35.1 Å². The Bertz CT molecular complexity index is 1030. The zero-order valence-corrected chi connectivity index (χ0v) is 15.6. The number of ether oxygens (including phenoxy) is 2. The molecule has 6 nitrogen and oxygen atoms in total. The van der Waals surface area contributed by atoms with E-state index in [0.717, 1.165) is 22.0 Å². The number of hydrogen-bond acceptors (Lipinski definition) is 5. The van der Waals surface area contributed by atoms with E-state index < -0.39 is 6.61 Å².